The Hall–Kier alpha value is -1.76. The van der Waals surface area contributed by atoms with Crippen LogP contribution >= 0.6 is 35.0 Å². The summed E-state index contributed by atoms with van der Waals surface area (Å²) in [7, 11) is 0. The van der Waals surface area contributed by atoms with Gasteiger partial charge >= 0.3 is 0 Å². The van der Waals surface area contributed by atoms with Crippen molar-refractivity contribution in [3.63, 3.8) is 0 Å². The second-order valence-electron chi connectivity index (χ2n) is 7.60. The van der Waals surface area contributed by atoms with Gasteiger partial charge in [-0.2, -0.15) is 0 Å². The van der Waals surface area contributed by atoms with E-state index in [2.05, 4.69) is 5.32 Å². The van der Waals surface area contributed by atoms with Crippen LogP contribution in [0.25, 0.3) is 0 Å². The number of nitrogens with one attached hydrogen (secondary N) is 1. The summed E-state index contributed by atoms with van der Waals surface area (Å²) in [5.41, 5.74) is 1.32. The molecule has 0 spiro atoms. The van der Waals surface area contributed by atoms with E-state index in [1.807, 2.05) is 20.8 Å². The SMILES string of the molecule is CC[C@H](C(=O)N[C@@H](C)CC)N(Cc1ccc(Cl)c(Cl)c1)C(=O)CSCc1ccccc1F. The highest BCUT2D eigenvalue weighted by molar-refractivity contribution is 7.99. The third-order valence-corrected chi connectivity index (χ3v) is 6.87. The fourth-order valence-corrected chi connectivity index (χ4v) is 4.36. The lowest BCUT2D eigenvalue weighted by Crippen LogP contribution is -2.51. The molecule has 0 radical (unpaired) electrons. The molecule has 1 N–H and O–H groups in total. The maximum Gasteiger partial charge on any atom is 0.243 e. The van der Waals surface area contributed by atoms with Gasteiger partial charge in [0.15, 0.2) is 0 Å². The van der Waals surface area contributed by atoms with E-state index >= 15 is 0 Å². The summed E-state index contributed by atoms with van der Waals surface area (Å²) in [4.78, 5) is 27.7. The zero-order valence-electron chi connectivity index (χ0n) is 18.5. The van der Waals surface area contributed by atoms with Crippen LogP contribution in [0.2, 0.25) is 10.0 Å². The molecule has 2 aromatic carbocycles. The summed E-state index contributed by atoms with van der Waals surface area (Å²) < 4.78 is 13.9. The van der Waals surface area contributed by atoms with E-state index < -0.39 is 6.04 Å². The minimum Gasteiger partial charge on any atom is -0.352 e. The number of hydrogen-bond donors (Lipinski definition) is 1. The van der Waals surface area contributed by atoms with Gasteiger partial charge in [0, 0.05) is 18.3 Å². The van der Waals surface area contributed by atoms with Gasteiger partial charge in [0.05, 0.1) is 15.8 Å². The molecule has 0 saturated carbocycles. The Bertz CT molecular complexity index is 929. The van der Waals surface area contributed by atoms with Crippen molar-refractivity contribution in [3.8, 4) is 0 Å². The highest BCUT2D eigenvalue weighted by Gasteiger charge is 2.29. The number of hydrogen-bond acceptors (Lipinski definition) is 3. The minimum atomic E-state index is -0.625. The molecular formula is C24H29Cl2FN2O2S. The quantitative estimate of drug-likeness (QED) is 0.407. The maximum atomic E-state index is 13.9. The van der Waals surface area contributed by atoms with Crippen molar-refractivity contribution < 1.29 is 14.0 Å². The predicted molar refractivity (Wildman–Crippen MR) is 132 cm³/mol. The van der Waals surface area contributed by atoms with Gasteiger partial charge in [-0.3, -0.25) is 9.59 Å². The zero-order chi connectivity index (χ0) is 23.7. The van der Waals surface area contributed by atoms with E-state index in [1.54, 1.807) is 41.3 Å². The molecule has 0 aromatic heterocycles. The molecular weight excluding hydrogens is 470 g/mol. The van der Waals surface area contributed by atoms with Crippen LogP contribution in [-0.2, 0) is 21.9 Å². The number of carbonyl (C=O) groups excluding carboxylic acids is 2. The van der Waals surface area contributed by atoms with Crippen LogP contribution < -0.4 is 5.32 Å². The molecule has 8 heteroatoms. The first-order chi connectivity index (χ1) is 15.3. The van der Waals surface area contributed by atoms with Crippen LogP contribution in [0.1, 0.15) is 44.7 Å². The molecule has 2 rings (SSSR count). The molecule has 2 atom stereocenters. The van der Waals surface area contributed by atoms with Crippen LogP contribution in [0.3, 0.4) is 0 Å². The number of amides is 2. The molecule has 0 aliphatic rings. The third-order valence-electron chi connectivity index (χ3n) is 5.16. The zero-order valence-corrected chi connectivity index (χ0v) is 20.9. The molecule has 0 aliphatic carbocycles. The molecule has 174 valence electrons. The van der Waals surface area contributed by atoms with E-state index in [4.69, 9.17) is 23.2 Å². The first kappa shape index (κ1) is 26.5. The van der Waals surface area contributed by atoms with E-state index in [0.29, 0.717) is 27.8 Å². The van der Waals surface area contributed by atoms with Crippen LogP contribution in [0.4, 0.5) is 4.39 Å². The van der Waals surface area contributed by atoms with Crippen LogP contribution in [-0.4, -0.2) is 34.6 Å². The Morgan fingerprint density at radius 2 is 1.81 bits per heavy atom. The second kappa shape index (κ2) is 13.1. The molecule has 4 nitrogen and oxygen atoms in total. The lowest BCUT2D eigenvalue weighted by Gasteiger charge is -2.31. The fourth-order valence-electron chi connectivity index (χ4n) is 3.14. The summed E-state index contributed by atoms with van der Waals surface area (Å²) in [6.07, 6.45) is 1.26. The molecule has 2 amide bonds. The summed E-state index contributed by atoms with van der Waals surface area (Å²) >= 11 is 13.5. The smallest absolute Gasteiger partial charge is 0.243 e. The average molecular weight is 499 g/mol. The molecule has 0 heterocycles. The highest BCUT2D eigenvalue weighted by Crippen LogP contribution is 2.25. The first-order valence-corrected chi connectivity index (χ1v) is 12.5. The molecule has 0 aliphatic heterocycles. The first-order valence-electron chi connectivity index (χ1n) is 10.6. The maximum absolute atomic E-state index is 13.9. The monoisotopic (exact) mass is 498 g/mol. The second-order valence-corrected chi connectivity index (χ2v) is 9.40. The van der Waals surface area contributed by atoms with Gasteiger partial charge in [0.1, 0.15) is 11.9 Å². The number of benzene rings is 2. The van der Waals surface area contributed by atoms with Crippen molar-refractivity contribution in [2.75, 3.05) is 5.75 Å². The topological polar surface area (TPSA) is 49.4 Å². The summed E-state index contributed by atoms with van der Waals surface area (Å²) in [5.74, 6) is -0.171. The molecule has 0 bridgehead atoms. The fraction of sp³-hybridized carbons (Fsp3) is 0.417. The van der Waals surface area contributed by atoms with E-state index in [9.17, 15) is 14.0 Å². The van der Waals surface area contributed by atoms with Gasteiger partial charge < -0.3 is 10.2 Å². The highest BCUT2D eigenvalue weighted by atomic mass is 35.5. The molecule has 0 saturated heterocycles. The third kappa shape index (κ3) is 7.68. The minimum absolute atomic E-state index is 0.00825. The van der Waals surface area contributed by atoms with E-state index in [-0.39, 0.29) is 36.0 Å². The van der Waals surface area contributed by atoms with Crippen LogP contribution in [0.15, 0.2) is 42.5 Å². The Morgan fingerprint density at radius 3 is 2.44 bits per heavy atom. The van der Waals surface area contributed by atoms with Crippen molar-refractivity contribution in [2.45, 2.75) is 58.0 Å². The number of nitrogens with zero attached hydrogens (tertiary/aromatic N) is 1. The van der Waals surface area contributed by atoms with Crippen molar-refractivity contribution in [3.05, 3.63) is 69.5 Å². The Balaban J connectivity index is 2.18. The Labute approximate surface area is 203 Å². The molecule has 32 heavy (non-hydrogen) atoms. The van der Waals surface area contributed by atoms with Gasteiger partial charge in [-0.1, -0.05) is 61.3 Å². The lowest BCUT2D eigenvalue weighted by molar-refractivity contribution is -0.139. The lowest BCUT2D eigenvalue weighted by atomic mass is 10.1. The standard InChI is InChI=1S/C24H29Cl2FN2O2S/c1-4-16(3)28-24(31)22(5-2)29(13-17-10-11-19(25)20(26)12-17)23(30)15-32-14-18-8-6-7-9-21(18)27/h6-12,16,22H,4-5,13-15H2,1-3H3,(H,28,31)/t16-,22+/m0/s1. The number of thioether (sulfide) groups is 1. The molecule has 2 aromatic rings. The van der Waals surface area contributed by atoms with Gasteiger partial charge in [-0.25, -0.2) is 4.39 Å². The molecule has 0 unspecified atom stereocenters. The van der Waals surface area contributed by atoms with Gasteiger partial charge in [-0.05, 0) is 49.1 Å². The van der Waals surface area contributed by atoms with Crippen LogP contribution in [0.5, 0.6) is 0 Å². The van der Waals surface area contributed by atoms with Crippen molar-refractivity contribution in [1.29, 1.82) is 0 Å². The van der Waals surface area contributed by atoms with Gasteiger partial charge in [0.2, 0.25) is 11.8 Å². The van der Waals surface area contributed by atoms with E-state index in [0.717, 1.165) is 12.0 Å². The number of halogens is 3. The average Bonchev–Trinajstić information content (AvgIpc) is 2.77. The Morgan fingerprint density at radius 1 is 1.09 bits per heavy atom. The van der Waals surface area contributed by atoms with E-state index in [1.165, 1.54) is 17.8 Å². The summed E-state index contributed by atoms with van der Waals surface area (Å²) in [6, 6.07) is 11.1. The normalized spacial score (nSPS) is 12.8. The number of rotatable bonds is 11. The van der Waals surface area contributed by atoms with Crippen molar-refractivity contribution in [2.24, 2.45) is 0 Å². The van der Waals surface area contributed by atoms with Crippen molar-refractivity contribution in [1.82, 2.24) is 10.2 Å². The summed E-state index contributed by atoms with van der Waals surface area (Å²) in [5, 5.41) is 3.79. The van der Waals surface area contributed by atoms with Crippen molar-refractivity contribution >= 4 is 46.8 Å². The van der Waals surface area contributed by atoms with Gasteiger partial charge in [0.25, 0.3) is 0 Å². The molecule has 0 fully saturated rings. The largest absolute Gasteiger partial charge is 0.352 e. The number of carbonyl (C=O) groups is 2. The summed E-state index contributed by atoms with van der Waals surface area (Å²) in [6.45, 7) is 6.02. The van der Waals surface area contributed by atoms with Gasteiger partial charge in [-0.15, -0.1) is 11.8 Å². The predicted octanol–water partition coefficient (Wildman–Crippen LogP) is 6.09. The Kier molecular flexibility index (Phi) is 10.8. The van der Waals surface area contributed by atoms with Crippen LogP contribution in [0, 0.1) is 5.82 Å².